The van der Waals surface area contributed by atoms with Gasteiger partial charge in [-0.2, -0.15) is 0 Å². The summed E-state index contributed by atoms with van der Waals surface area (Å²) in [6.07, 6.45) is 1.29. The Balaban J connectivity index is 2.19. The van der Waals surface area contributed by atoms with Crippen molar-refractivity contribution in [3.63, 3.8) is 0 Å². The van der Waals surface area contributed by atoms with Crippen LogP contribution in [0, 0.1) is 5.82 Å². The molecule has 0 saturated heterocycles. The van der Waals surface area contributed by atoms with Crippen molar-refractivity contribution in [2.24, 2.45) is 0 Å². The van der Waals surface area contributed by atoms with Crippen LogP contribution in [-0.2, 0) is 11.3 Å². The van der Waals surface area contributed by atoms with Gasteiger partial charge in [0, 0.05) is 18.8 Å². The first-order chi connectivity index (χ1) is 10.9. The number of aromatic nitrogens is 2. The Morgan fingerprint density at radius 2 is 1.91 bits per heavy atom. The smallest absolute Gasteiger partial charge is 0.328 e. The maximum Gasteiger partial charge on any atom is 0.328 e. The Kier molecular flexibility index (Phi) is 5.10. The number of halogens is 1. The van der Waals surface area contributed by atoms with Crippen molar-refractivity contribution >= 4 is 5.91 Å². The normalized spacial score (nSPS) is 12.0. The van der Waals surface area contributed by atoms with Crippen molar-refractivity contribution < 1.29 is 9.18 Å². The Morgan fingerprint density at radius 1 is 1.26 bits per heavy atom. The molecule has 1 aromatic heterocycles. The van der Waals surface area contributed by atoms with Gasteiger partial charge >= 0.3 is 5.69 Å². The number of rotatable bonds is 5. The van der Waals surface area contributed by atoms with E-state index in [1.54, 1.807) is 17.0 Å². The lowest BCUT2D eigenvalue weighted by Gasteiger charge is -2.28. The molecule has 0 saturated carbocycles. The quantitative estimate of drug-likeness (QED) is 0.902. The van der Waals surface area contributed by atoms with E-state index in [4.69, 9.17) is 0 Å². The molecule has 1 unspecified atom stereocenters. The number of nitrogens with one attached hydrogen (secondary N) is 1. The van der Waals surface area contributed by atoms with Gasteiger partial charge in [-0.25, -0.2) is 9.18 Å². The van der Waals surface area contributed by atoms with E-state index < -0.39 is 11.2 Å². The number of hydrogen-bond donors (Lipinski definition) is 1. The highest BCUT2D eigenvalue weighted by Gasteiger charge is 2.20. The van der Waals surface area contributed by atoms with Gasteiger partial charge in [-0.3, -0.25) is 19.1 Å². The number of carbonyl (C=O) groups is 1. The van der Waals surface area contributed by atoms with Crippen LogP contribution < -0.4 is 11.2 Å². The summed E-state index contributed by atoms with van der Waals surface area (Å²) in [6, 6.07) is 6.87. The molecule has 0 bridgehead atoms. The van der Waals surface area contributed by atoms with Crippen LogP contribution in [0.15, 0.2) is 46.1 Å². The van der Waals surface area contributed by atoms with Gasteiger partial charge in [-0.1, -0.05) is 12.1 Å². The average Bonchev–Trinajstić information content (AvgIpc) is 2.51. The van der Waals surface area contributed by atoms with Gasteiger partial charge in [-0.15, -0.1) is 0 Å². The molecule has 23 heavy (non-hydrogen) atoms. The summed E-state index contributed by atoms with van der Waals surface area (Å²) in [5.41, 5.74) is -0.336. The van der Waals surface area contributed by atoms with Crippen LogP contribution in [0.5, 0.6) is 0 Å². The predicted octanol–water partition coefficient (Wildman–Crippen LogP) is 1.29. The maximum absolute atomic E-state index is 13.0. The van der Waals surface area contributed by atoms with Crippen LogP contribution in [0.1, 0.15) is 25.5 Å². The molecule has 2 aromatic rings. The first kappa shape index (κ1) is 16.7. The second-order valence-corrected chi connectivity index (χ2v) is 5.15. The van der Waals surface area contributed by atoms with Gasteiger partial charge in [0.15, 0.2) is 0 Å². The molecule has 7 heteroatoms. The van der Waals surface area contributed by atoms with Gasteiger partial charge in [-0.05, 0) is 31.5 Å². The SMILES string of the molecule is CCN(C(=O)Cn1ccc(=O)[nH]c1=O)C(C)c1ccc(F)cc1. The number of hydrogen-bond acceptors (Lipinski definition) is 3. The molecule has 1 N–H and O–H groups in total. The maximum atomic E-state index is 13.0. The van der Waals surface area contributed by atoms with E-state index in [0.717, 1.165) is 10.1 Å². The van der Waals surface area contributed by atoms with Crippen molar-refractivity contribution in [3.05, 3.63) is 68.7 Å². The number of benzene rings is 1. The average molecular weight is 319 g/mol. The molecule has 6 nitrogen and oxygen atoms in total. The lowest BCUT2D eigenvalue weighted by molar-refractivity contribution is -0.133. The van der Waals surface area contributed by atoms with E-state index in [2.05, 4.69) is 4.98 Å². The number of aromatic amines is 1. The monoisotopic (exact) mass is 319 g/mol. The Labute approximate surface area is 132 Å². The Bertz CT molecular complexity index is 795. The molecule has 0 fully saturated rings. The van der Waals surface area contributed by atoms with E-state index in [0.29, 0.717) is 6.54 Å². The highest BCUT2D eigenvalue weighted by Crippen LogP contribution is 2.20. The third-order valence-electron chi connectivity index (χ3n) is 3.68. The third-order valence-corrected chi connectivity index (χ3v) is 3.68. The second-order valence-electron chi connectivity index (χ2n) is 5.15. The molecule has 2 rings (SSSR count). The number of carbonyl (C=O) groups excluding carboxylic acids is 1. The minimum absolute atomic E-state index is 0.172. The van der Waals surface area contributed by atoms with Crippen molar-refractivity contribution in [1.82, 2.24) is 14.5 Å². The van der Waals surface area contributed by atoms with E-state index >= 15 is 0 Å². The molecular weight excluding hydrogens is 301 g/mol. The molecule has 0 aliphatic rings. The van der Waals surface area contributed by atoms with Crippen LogP contribution in [0.3, 0.4) is 0 Å². The molecule has 0 aliphatic heterocycles. The Hall–Kier alpha value is -2.70. The van der Waals surface area contributed by atoms with Crippen LogP contribution in [-0.4, -0.2) is 26.9 Å². The van der Waals surface area contributed by atoms with E-state index in [1.807, 2.05) is 13.8 Å². The number of nitrogens with zero attached hydrogens (tertiary/aromatic N) is 2. The van der Waals surface area contributed by atoms with Crippen LogP contribution in [0.25, 0.3) is 0 Å². The first-order valence-corrected chi connectivity index (χ1v) is 7.27. The predicted molar refractivity (Wildman–Crippen MR) is 83.5 cm³/mol. The summed E-state index contributed by atoms with van der Waals surface area (Å²) in [7, 11) is 0. The zero-order valence-electron chi connectivity index (χ0n) is 13.0. The minimum atomic E-state index is -0.628. The summed E-state index contributed by atoms with van der Waals surface area (Å²) >= 11 is 0. The number of H-pyrrole nitrogens is 1. The number of amides is 1. The fourth-order valence-corrected chi connectivity index (χ4v) is 2.39. The van der Waals surface area contributed by atoms with E-state index in [9.17, 15) is 18.8 Å². The number of likely N-dealkylation sites (N-methyl/N-ethyl adjacent to an activating group) is 1. The zero-order valence-corrected chi connectivity index (χ0v) is 13.0. The van der Waals surface area contributed by atoms with Gasteiger partial charge in [0.25, 0.3) is 5.56 Å². The summed E-state index contributed by atoms with van der Waals surface area (Å²) in [6.45, 7) is 3.93. The molecule has 1 heterocycles. The summed E-state index contributed by atoms with van der Waals surface area (Å²) < 4.78 is 14.2. The molecule has 1 atom stereocenters. The van der Waals surface area contributed by atoms with E-state index in [-0.39, 0.29) is 24.3 Å². The topological polar surface area (TPSA) is 75.2 Å². The molecule has 1 amide bonds. The van der Waals surface area contributed by atoms with Gasteiger partial charge < -0.3 is 4.90 Å². The first-order valence-electron chi connectivity index (χ1n) is 7.27. The highest BCUT2D eigenvalue weighted by molar-refractivity contribution is 5.76. The molecular formula is C16H18FN3O3. The summed E-state index contributed by atoms with van der Waals surface area (Å²) in [5, 5.41) is 0. The molecule has 1 aromatic carbocycles. The lowest BCUT2D eigenvalue weighted by Crippen LogP contribution is -2.39. The van der Waals surface area contributed by atoms with Crippen molar-refractivity contribution in [3.8, 4) is 0 Å². The van der Waals surface area contributed by atoms with Crippen LogP contribution in [0.2, 0.25) is 0 Å². The zero-order chi connectivity index (χ0) is 17.0. The minimum Gasteiger partial charge on any atom is -0.335 e. The summed E-state index contributed by atoms with van der Waals surface area (Å²) in [4.78, 5) is 38.9. The van der Waals surface area contributed by atoms with Crippen LogP contribution in [0.4, 0.5) is 4.39 Å². The molecule has 0 radical (unpaired) electrons. The Morgan fingerprint density at radius 3 is 2.48 bits per heavy atom. The fraction of sp³-hybridized carbons (Fsp3) is 0.312. The van der Waals surface area contributed by atoms with Crippen molar-refractivity contribution in [2.45, 2.75) is 26.4 Å². The van der Waals surface area contributed by atoms with Crippen LogP contribution >= 0.6 is 0 Å². The highest BCUT2D eigenvalue weighted by atomic mass is 19.1. The van der Waals surface area contributed by atoms with E-state index in [1.165, 1.54) is 24.4 Å². The van der Waals surface area contributed by atoms with Gasteiger partial charge in [0.05, 0.1) is 6.04 Å². The molecule has 122 valence electrons. The second kappa shape index (κ2) is 7.04. The van der Waals surface area contributed by atoms with Gasteiger partial charge in [0.1, 0.15) is 12.4 Å². The van der Waals surface area contributed by atoms with Crippen molar-refractivity contribution in [2.75, 3.05) is 6.54 Å². The largest absolute Gasteiger partial charge is 0.335 e. The molecule has 0 aliphatic carbocycles. The third kappa shape index (κ3) is 3.94. The van der Waals surface area contributed by atoms with Crippen molar-refractivity contribution in [1.29, 1.82) is 0 Å². The van der Waals surface area contributed by atoms with Gasteiger partial charge in [0.2, 0.25) is 5.91 Å². The fourth-order valence-electron chi connectivity index (χ4n) is 2.39. The lowest BCUT2D eigenvalue weighted by atomic mass is 10.1. The standard InChI is InChI=1S/C16H18FN3O3/c1-3-20(11(2)12-4-6-13(17)7-5-12)15(22)10-19-9-8-14(21)18-16(19)23/h4-9,11H,3,10H2,1-2H3,(H,18,21,23). The molecule has 0 spiro atoms. The summed E-state index contributed by atoms with van der Waals surface area (Å²) in [5.74, 6) is -0.603.